The highest BCUT2D eigenvalue weighted by Crippen LogP contribution is 2.32. The topological polar surface area (TPSA) is 70.1 Å². The van der Waals surface area contributed by atoms with Crippen LogP contribution in [0.4, 0.5) is 5.69 Å². The normalized spacial score (nSPS) is 32.4. The van der Waals surface area contributed by atoms with Crippen molar-refractivity contribution in [1.82, 2.24) is 15.2 Å². The molecule has 0 aliphatic carbocycles. The van der Waals surface area contributed by atoms with Gasteiger partial charge in [-0.2, -0.15) is 0 Å². The average Bonchev–Trinajstić information content (AvgIpc) is 3.20. The number of hydrogen-bond acceptors (Lipinski definition) is 7. The van der Waals surface area contributed by atoms with E-state index in [0.717, 1.165) is 31.9 Å². The van der Waals surface area contributed by atoms with E-state index in [1.807, 2.05) is 24.3 Å². The number of fused-ring (bicyclic) bond motifs is 2. The van der Waals surface area contributed by atoms with Crippen LogP contribution >= 0.6 is 0 Å². The van der Waals surface area contributed by atoms with Crippen LogP contribution in [0.2, 0.25) is 0 Å². The summed E-state index contributed by atoms with van der Waals surface area (Å²) in [6.07, 6.45) is 0.758. The van der Waals surface area contributed by atoms with Crippen LogP contribution in [0.1, 0.15) is 5.69 Å². The number of hydrogen-bond donors (Lipinski definition) is 2. The molecular formula is C22H28N4O3. The first-order chi connectivity index (χ1) is 14.3. The van der Waals surface area contributed by atoms with E-state index in [1.165, 1.54) is 5.69 Å². The van der Waals surface area contributed by atoms with E-state index < -0.39 is 6.10 Å². The lowest BCUT2D eigenvalue weighted by Crippen LogP contribution is -2.66. The Labute approximate surface area is 171 Å². The number of nitrogens with one attached hydrogen (secondary N) is 1. The highest BCUT2D eigenvalue weighted by Gasteiger charge is 2.52. The van der Waals surface area contributed by atoms with Gasteiger partial charge < -0.3 is 24.8 Å². The van der Waals surface area contributed by atoms with Gasteiger partial charge in [0.1, 0.15) is 6.10 Å². The number of para-hydroxylation sites is 1. The van der Waals surface area contributed by atoms with Gasteiger partial charge >= 0.3 is 0 Å². The molecule has 7 nitrogen and oxygen atoms in total. The maximum Gasteiger partial charge on any atom is 0.176 e. The van der Waals surface area contributed by atoms with Crippen molar-refractivity contribution in [3.05, 3.63) is 60.4 Å². The van der Waals surface area contributed by atoms with Crippen molar-refractivity contribution in [1.29, 1.82) is 0 Å². The third-order valence-electron chi connectivity index (χ3n) is 6.23. The van der Waals surface area contributed by atoms with Gasteiger partial charge in [-0.25, -0.2) is 0 Å². The Balaban J connectivity index is 1.24. The molecule has 154 valence electrons. The Morgan fingerprint density at radius 1 is 1.03 bits per heavy atom. The van der Waals surface area contributed by atoms with E-state index in [0.29, 0.717) is 13.2 Å². The number of ether oxygens (including phenoxy) is 2. The number of benzene rings is 1. The van der Waals surface area contributed by atoms with E-state index in [9.17, 15) is 5.11 Å². The van der Waals surface area contributed by atoms with Crippen molar-refractivity contribution in [2.24, 2.45) is 0 Å². The minimum atomic E-state index is -0.548. The minimum absolute atomic E-state index is 0.124. The molecule has 7 heteroatoms. The Hall–Kier alpha value is -2.03. The van der Waals surface area contributed by atoms with Gasteiger partial charge in [0.25, 0.3) is 0 Å². The molecule has 2 bridgehead atoms. The summed E-state index contributed by atoms with van der Waals surface area (Å²) in [6.45, 7) is 4.71. The Morgan fingerprint density at radius 3 is 2.59 bits per heavy atom. The van der Waals surface area contributed by atoms with Crippen LogP contribution in [0.25, 0.3) is 0 Å². The second-order valence-electron chi connectivity index (χ2n) is 7.94. The van der Waals surface area contributed by atoms with E-state index in [-0.39, 0.29) is 24.5 Å². The van der Waals surface area contributed by atoms with Gasteiger partial charge in [-0.15, -0.1) is 0 Å². The van der Waals surface area contributed by atoms with Crippen LogP contribution in [-0.4, -0.2) is 78.4 Å². The third kappa shape index (κ3) is 3.89. The van der Waals surface area contributed by atoms with Crippen LogP contribution in [0, 0.1) is 0 Å². The molecule has 0 amide bonds. The Morgan fingerprint density at radius 2 is 1.83 bits per heavy atom. The molecule has 3 aliphatic rings. The van der Waals surface area contributed by atoms with E-state index in [2.05, 4.69) is 44.4 Å². The first kappa shape index (κ1) is 19.0. The van der Waals surface area contributed by atoms with Crippen molar-refractivity contribution in [2.75, 3.05) is 37.7 Å². The van der Waals surface area contributed by atoms with Crippen molar-refractivity contribution >= 4 is 5.69 Å². The summed E-state index contributed by atoms with van der Waals surface area (Å²) in [5, 5.41) is 14.7. The Bertz CT molecular complexity index is 785. The SMILES string of the molecule is OC1C(NCc2ccccn2)C2COC(O2)C1N1CCN(c2ccccc2)CC1. The largest absolute Gasteiger partial charge is 0.390 e. The summed E-state index contributed by atoms with van der Waals surface area (Å²) >= 11 is 0. The molecule has 2 N–H and O–H groups in total. The fourth-order valence-corrected chi connectivity index (χ4v) is 4.68. The summed E-state index contributed by atoms with van der Waals surface area (Å²) in [7, 11) is 0. The molecule has 0 radical (unpaired) electrons. The van der Waals surface area contributed by atoms with Crippen molar-refractivity contribution in [3.63, 3.8) is 0 Å². The summed E-state index contributed by atoms with van der Waals surface area (Å²) in [5.74, 6) is 0. The number of aromatic nitrogens is 1. The molecule has 5 atom stereocenters. The molecular weight excluding hydrogens is 368 g/mol. The van der Waals surface area contributed by atoms with Crippen LogP contribution < -0.4 is 10.2 Å². The Kier molecular flexibility index (Phi) is 5.48. The van der Waals surface area contributed by atoms with Gasteiger partial charge in [0, 0.05) is 44.6 Å². The lowest BCUT2D eigenvalue weighted by molar-refractivity contribution is -0.183. The number of anilines is 1. The van der Waals surface area contributed by atoms with E-state index in [4.69, 9.17) is 9.47 Å². The standard InChI is InChI=1S/C22H28N4O3/c27-21-19(24-14-16-6-4-5-9-23-16)18-15-28-22(29-18)20(21)26-12-10-25(11-13-26)17-7-2-1-3-8-17/h1-9,18-22,24,27H,10-15H2. The fourth-order valence-electron chi connectivity index (χ4n) is 4.68. The summed E-state index contributed by atoms with van der Waals surface area (Å²) in [6, 6.07) is 16.0. The number of aliphatic hydroxyl groups excluding tert-OH is 1. The number of aliphatic hydroxyl groups is 1. The number of pyridine rings is 1. The molecule has 3 aliphatic heterocycles. The maximum absolute atomic E-state index is 11.2. The molecule has 3 fully saturated rings. The average molecular weight is 396 g/mol. The smallest absolute Gasteiger partial charge is 0.176 e. The summed E-state index contributed by atoms with van der Waals surface area (Å²) < 4.78 is 12.0. The van der Waals surface area contributed by atoms with Crippen LogP contribution in [-0.2, 0) is 16.0 Å². The molecule has 4 heterocycles. The minimum Gasteiger partial charge on any atom is -0.390 e. The lowest BCUT2D eigenvalue weighted by atomic mass is 9.94. The van der Waals surface area contributed by atoms with Gasteiger partial charge in [-0.05, 0) is 24.3 Å². The van der Waals surface area contributed by atoms with Crippen molar-refractivity contribution in [3.8, 4) is 0 Å². The predicted molar refractivity (Wildman–Crippen MR) is 110 cm³/mol. The van der Waals surface area contributed by atoms with Crippen molar-refractivity contribution < 1.29 is 14.6 Å². The molecule has 0 spiro atoms. The first-order valence-electron chi connectivity index (χ1n) is 10.4. The quantitative estimate of drug-likeness (QED) is 0.776. The molecule has 1 aromatic heterocycles. The van der Waals surface area contributed by atoms with Gasteiger partial charge in [0.05, 0.1) is 30.5 Å². The first-order valence-corrected chi connectivity index (χ1v) is 10.4. The zero-order chi connectivity index (χ0) is 19.6. The molecule has 3 saturated heterocycles. The molecule has 29 heavy (non-hydrogen) atoms. The van der Waals surface area contributed by atoms with Gasteiger partial charge in [-0.3, -0.25) is 9.88 Å². The summed E-state index contributed by atoms with van der Waals surface area (Å²) in [5.41, 5.74) is 2.20. The fraction of sp³-hybridized carbons (Fsp3) is 0.500. The van der Waals surface area contributed by atoms with Crippen LogP contribution in [0.3, 0.4) is 0 Å². The van der Waals surface area contributed by atoms with Crippen LogP contribution in [0.15, 0.2) is 54.7 Å². The lowest BCUT2D eigenvalue weighted by Gasteiger charge is -2.47. The second-order valence-corrected chi connectivity index (χ2v) is 7.94. The highest BCUT2D eigenvalue weighted by molar-refractivity contribution is 5.46. The van der Waals surface area contributed by atoms with Crippen LogP contribution in [0.5, 0.6) is 0 Å². The predicted octanol–water partition coefficient (Wildman–Crippen LogP) is 0.847. The zero-order valence-electron chi connectivity index (χ0n) is 16.4. The number of piperazine rings is 1. The maximum atomic E-state index is 11.2. The number of rotatable bonds is 5. The second kappa shape index (κ2) is 8.38. The van der Waals surface area contributed by atoms with Gasteiger partial charge in [0.15, 0.2) is 6.29 Å². The molecule has 1 aromatic carbocycles. The highest BCUT2D eigenvalue weighted by atomic mass is 16.7. The van der Waals surface area contributed by atoms with Gasteiger partial charge in [-0.1, -0.05) is 24.3 Å². The van der Waals surface area contributed by atoms with Gasteiger partial charge in [0.2, 0.25) is 0 Å². The molecule has 5 rings (SSSR count). The van der Waals surface area contributed by atoms with E-state index >= 15 is 0 Å². The van der Waals surface area contributed by atoms with Crippen molar-refractivity contribution in [2.45, 2.75) is 37.1 Å². The molecule has 2 aromatic rings. The number of nitrogens with zero attached hydrogens (tertiary/aromatic N) is 3. The molecule has 0 saturated carbocycles. The van der Waals surface area contributed by atoms with E-state index in [1.54, 1.807) is 6.20 Å². The summed E-state index contributed by atoms with van der Waals surface area (Å²) in [4.78, 5) is 9.08. The zero-order valence-corrected chi connectivity index (χ0v) is 16.4. The third-order valence-corrected chi connectivity index (χ3v) is 6.23. The molecule has 5 unspecified atom stereocenters. The monoisotopic (exact) mass is 396 g/mol.